The van der Waals surface area contributed by atoms with E-state index in [1.54, 1.807) is 14.2 Å². The predicted octanol–water partition coefficient (Wildman–Crippen LogP) is 0.788. The molecular weight excluding hydrogens is 194 g/mol. The summed E-state index contributed by atoms with van der Waals surface area (Å²) in [5.41, 5.74) is -0.178. The molecule has 0 saturated heterocycles. The lowest BCUT2D eigenvalue weighted by atomic mass is 9.97. The van der Waals surface area contributed by atoms with Gasteiger partial charge in [0.15, 0.2) is 0 Å². The van der Waals surface area contributed by atoms with Crippen molar-refractivity contribution in [3.8, 4) is 0 Å². The van der Waals surface area contributed by atoms with Gasteiger partial charge < -0.3 is 19.9 Å². The molecule has 0 rings (SSSR count). The molecule has 0 aliphatic carbocycles. The number of aliphatic hydroxyl groups excluding tert-OH is 1. The second-order valence-corrected chi connectivity index (χ2v) is 4.17. The summed E-state index contributed by atoms with van der Waals surface area (Å²) in [5.74, 6) is 0. The van der Waals surface area contributed by atoms with Crippen LogP contribution in [0.4, 0.5) is 0 Å². The summed E-state index contributed by atoms with van der Waals surface area (Å²) in [5, 5.41) is 12.5. The Balaban J connectivity index is 4.22. The zero-order valence-corrected chi connectivity index (χ0v) is 10.4. The first-order chi connectivity index (χ1) is 7.11. The number of hydrogen-bond donors (Lipinski definition) is 2. The van der Waals surface area contributed by atoms with E-state index in [0.29, 0.717) is 25.7 Å². The van der Waals surface area contributed by atoms with Crippen LogP contribution in [-0.2, 0) is 9.47 Å². The Bertz CT molecular complexity index is 147. The summed E-state index contributed by atoms with van der Waals surface area (Å²) in [4.78, 5) is 0. The highest BCUT2D eigenvalue weighted by molar-refractivity contribution is 4.86. The van der Waals surface area contributed by atoms with Crippen LogP contribution < -0.4 is 5.32 Å². The summed E-state index contributed by atoms with van der Waals surface area (Å²) in [6, 6.07) is 0.307. The molecule has 0 aromatic heterocycles. The van der Waals surface area contributed by atoms with E-state index in [-0.39, 0.29) is 12.1 Å². The smallest absolute Gasteiger partial charge is 0.0642 e. The fourth-order valence-corrected chi connectivity index (χ4v) is 1.71. The Labute approximate surface area is 93.0 Å². The van der Waals surface area contributed by atoms with Crippen molar-refractivity contribution in [2.24, 2.45) is 0 Å². The first-order valence-electron chi connectivity index (χ1n) is 5.48. The van der Waals surface area contributed by atoms with Crippen LogP contribution in [0.1, 0.15) is 26.7 Å². The second-order valence-electron chi connectivity index (χ2n) is 4.17. The number of aliphatic hydroxyl groups is 1. The Kier molecular flexibility index (Phi) is 7.96. The molecule has 92 valence electrons. The molecule has 0 amide bonds. The topological polar surface area (TPSA) is 50.7 Å². The number of hydrogen-bond acceptors (Lipinski definition) is 4. The van der Waals surface area contributed by atoms with Crippen LogP contribution in [0.15, 0.2) is 0 Å². The van der Waals surface area contributed by atoms with Crippen molar-refractivity contribution in [2.45, 2.75) is 38.3 Å². The van der Waals surface area contributed by atoms with Gasteiger partial charge in [0.25, 0.3) is 0 Å². The maximum Gasteiger partial charge on any atom is 0.0642 e. The molecule has 2 N–H and O–H groups in total. The van der Waals surface area contributed by atoms with Crippen molar-refractivity contribution < 1.29 is 14.6 Å². The van der Waals surface area contributed by atoms with Gasteiger partial charge in [-0.25, -0.2) is 0 Å². The van der Waals surface area contributed by atoms with Crippen molar-refractivity contribution in [2.75, 3.05) is 34.0 Å². The maximum atomic E-state index is 9.02. The van der Waals surface area contributed by atoms with Gasteiger partial charge in [0.1, 0.15) is 0 Å². The molecule has 0 saturated carbocycles. The van der Waals surface area contributed by atoms with Crippen LogP contribution in [0, 0.1) is 0 Å². The van der Waals surface area contributed by atoms with E-state index >= 15 is 0 Å². The van der Waals surface area contributed by atoms with Crippen molar-refractivity contribution >= 4 is 0 Å². The summed E-state index contributed by atoms with van der Waals surface area (Å²) in [7, 11) is 3.37. The fourth-order valence-electron chi connectivity index (χ4n) is 1.71. The van der Waals surface area contributed by atoms with Crippen molar-refractivity contribution in [3.05, 3.63) is 0 Å². The summed E-state index contributed by atoms with van der Waals surface area (Å²) in [6.07, 6.45) is 1.68. The minimum Gasteiger partial charge on any atom is -0.396 e. The largest absolute Gasteiger partial charge is 0.396 e. The Morgan fingerprint density at radius 2 is 2.00 bits per heavy atom. The average Bonchev–Trinajstić information content (AvgIpc) is 2.17. The third-order valence-electron chi connectivity index (χ3n) is 2.54. The Morgan fingerprint density at radius 3 is 2.40 bits per heavy atom. The zero-order valence-electron chi connectivity index (χ0n) is 10.4. The average molecular weight is 219 g/mol. The van der Waals surface area contributed by atoms with E-state index in [2.05, 4.69) is 19.2 Å². The molecule has 0 aromatic rings. The highest BCUT2D eigenvalue weighted by Gasteiger charge is 2.26. The standard InChI is InChI=1S/C11H25NO3/c1-5-10(8-14-3)12-11(2,6-7-13)9-15-4/h10,12-13H,5-9H2,1-4H3. The van der Waals surface area contributed by atoms with E-state index < -0.39 is 0 Å². The molecule has 4 heteroatoms. The van der Waals surface area contributed by atoms with Gasteiger partial charge in [0, 0.05) is 32.4 Å². The molecule has 0 fully saturated rings. The molecule has 2 unspecified atom stereocenters. The lowest BCUT2D eigenvalue weighted by molar-refractivity contribution is 0.0731. The van der Waals surface area contributed by atoms with E-state index in [4.69, 9.17) is 14.6 Å². The number of methoxy groups -OCH3 is 2. The van der Waals surface area contributed by atoms with Gasteiger partial charge in [0.05, 0.1) is 13.2 Å². The highest BCUT2D eigenvalue weighted by Crippen LogP contribution is 2.12. The molecule has 0 aromatic carbocycles. The van der Waals surface area contributed by atoms with E-state index in [9.17, 15) is 0 Å². The number of rotatable bonds is 9. The molecule has 2 atom stereocenters. The number of ether oxygens (including phenoxy) is 2. The molecule has 0 radical (unpaired) electrons. The molecular formula is C11H25NO3. The summed E-state index contributed by atoms with van der Waals surface area (Å²) in [6.45, 7) is 5.61. The summed E-state index contributed by atoms with van der Waals surface area (Å²) >= 11 is 0. The third kappa shape index (κ3) is 6.10. The van der Waals surface area contributed by atoms with Gasteiger partial charge >= 0.3 is 0 Å². The van der Waals surface area contributed by atoms with Crippen LogP contribution >= 0.6 is 0 Å². The van der Waals surface area contributed by atoms with Gasteiger partial charge in [0.2, 0.25) is 0 Å². The normalized spacial score (nSPS) is 17.4. The molecule has 0 spiro atoms. The van der Waals surface area contributed by atoms with Crippen LogP contribution in [-0.4, -0.2) is 50.7 Å². The third-order valence-corrected chi connectivity index (χ3v) is 2.54. The van der Waals surface area contributed by atoms with Crippen molar-refractivity contribution in [1.29, 1.82) is 0 Å². The molecule has 0 aliphatic rings. The van der Waals surface area contributed by atoms with Crippen LogP contribution in [0.5, 0.6) is 0 Å². The Morgan fingerprint density at radius 1 is 1.33 bits per heavy atom. The van der Waals surface area contributed by atoms with Crippen LogP contribution in [0.3, 0.4) is 0 Å². The second kappa shape index (κ2) is 8.05. The van der Waals surface area contributed by atoms with Crippen LogP contribution in [0.25, 0.3) is 0 Å². The number of nitrogens with one attached hydrogen (secondary N) is 1. The zero-order chi connectivity index (χ0) is 11.7. The monoisotopic (exact) mass is 219 g/mol. The lowest BCUT2D eigenvalue weighted by Gasteiger charge is -2.33. The summed E-state index contributed by atoms with van der Waals surface area (Å²) < 4.78 is 10.3. The van der Waals surface area contributed by atoms with Crippen LogP contribution in [0.2, 0.25) is 0 Å². The van der Waals surface area contributed by atoms with E-state index in [1.165, 1.54) is 0 Å². The molecule has 15 heavy (non-hydrogen) atoms. The van der Waals surface area contributed by atoms with Gasteiger partial charge in [-0.05, 0) is 19.8 Å². The van der Waals surface area contributed by atoms with Gasteiger partial charge in [-0.3, -0.25) is 0 Å². The maximum absolute atomic E-state index is 9.02. The minimum absolute atomic E-state index is 0.163. The SMILES string of the molecule is CCC(COC)NC(C)(CCO)COC. The lowest BCUT2D eigenvalue weighted by Crippen LogP contribution is -2.53. The minimum atomic E-state index is -0.178. The van der Waals surface area contributed by atoms with Crippen molar-refractivity contribution in [3.63, 3.8) is 0 Å². The molecule has 0 bridgehead atoms. The highest BCUT2D eigenvalue weighted by atomic mass is 16.5. The Hall–Kier alpha value is -0.160. The van der Waals surface area contributed by atoms with E-state index in [0.717, 1.165) is 6.42 Å². The van der Waals surface area contributed by atoms with Gasteiger partial charge in [-0.1, -0.05) is 6.92 Å². The first kappa shape index (κ1) is 14.8. The van der Waals surface area contributed by atoms with Gasteiger partial charge in [-0.15, -0.1) is 0 Å². The van der Waals surface area contributed by atoms with Crippen molar-refractivity contribution in [1.82, 2.24) is 5.32 Å². The van der Waals surface area contributed by atoms with E-state index in [1.807, 2.05) is 0 Å². The molecule has 0 heterocycles. The molecule has 4 nitrogen and oxygen atoms in total. The predicted molar refractivity (Wildman–Crippen MR) is 61.1 cm³/mol. The first-order valence-corrected chi connectivity index (χ1v) is 5.48. The van der Waals surface area contributed by atoms with Gasteiger partial charge in [-0.2, -0.15) is 0 Å². The fraction of sp³-hybridized carbons (Fsp3) is 1.00. The quantitative estimate of drug-likeness (QED) is 0.602. The molecule has 0 aliphatic heterocycles.